The zero-order chi connectivity index (χ0) is 11.3. The smallest absolute Gasteiger partial charge is 0.140 e. The molecule has 1 atom stereocenters. The number of carbonyl (C=O) groups is 1. The predicted molar refractivity (Wildman–Crippen MR) is 63.7 cm³/mol. The summed E-state index contributed by atoms with van der Waals surface area (Å²) in [4.78, 5) is 12.0. The van der Waals surface area contributed by atoms with Crippen LogP contribution in [-0.2, 0) is 4.79 Å². The monoisotopic (exact) mass is 211 g/mol. The second-order valence-electron chi connectivity index (χ2n) is 5.03. The summed E-state index contributed by atoms with van der Waals surface area (Å²) >= 11 is 0. The third kappa shape index (κ3) is 3.30. The van der Waals surface area contributed by atoms with Gasteiger partial charge in [-0.05, 0) is 18.8 Å². The fourth-order valence-corrected chi connectivity index (χ4v) is 2.17. The molecule has 2 N–H and O–H groups in total. The van der Waals surface area contributed by atoms with E-state index in [1.54, 1.807) is 0 Å². The van der Waals surface area contributed by atoms with Crippen molar-refractivity contribution >= 4 is 5.78 Å². The number of ketones is 1. The topological polar surface area (TPSA) is 43.1 Å². The second-order valence-corrected chi connectivity index (χ2v) is 5.03. The Morgan fingerprint density at radius 1 is 1.40 bits per heavy atom. The Bertz CT molecular complexity index is 209. The van der Waals surface area contributed by atoms with Crippen molar-refractivity contribution < 1.29 is 4.79 Å². The number of hydrogen-bond donors (Lipinski definition) is 1. The minimum Gasteiger partial charge on any atom is -0.329 e. The van der Waals surface area contributed by atoms with E-state index in [1.807, 2.05) is 0 Å². The summed E-state index contributed by atoms with van der Waals surface area (Å²) in [6.07, 6.45) is 7.66. The quantitative estimate of drug-likeness (QED) is 0.671. The molecule has 1 aliphatic rings. The molecule has 0 radical (unpaired) electrons. The highest BCUT2D eigenvalue weighted by molar-refractivity contribution is 5.87. The highest BCUT2D eigenvalue weighted by Gasteiger charge is 2.47. The molecule has 88 valence electrons. The van der Waals surface area contributed by atoms with Crippen LogP contribution in [0.4, 0.5) is 0 Å². The largest absolute Gasteiger partial charge is 0.329 e. The van der Waals surface area contributed by atoms with E-state index in [-0.39, 0.29) is 5.41 Å². The summed E-state index contributed by atoms with van der Waals surface area (Å²) in [6, 6.07) is 0. The van der Waals surface area contributed by atoms with E-state index in [1.165, 1.54) is 19.3 Å². The van der Waals surface area contributed by atoms with Crippen molar-refractivity contribution in [2.75, 3.05) is 6.54 Å². The Hall–Kier alpha value is -0.370. The van der Waals surface area contributed by atoms with Crippen LogP contribution in [0.3, 0.4) is 0 Å². The minimum atomic E-state index is -0.0837. The average molecular weight is 211 g/mol. The molecule has 0 aliphatic heterocycles. The highest BCUT2D eigenvalue weighted by atomic mass is 16.1. The van der Waals surface area contributed by atoms with Crippen LogP contribution in [-0.4, -0.2) is 12.3 Å². The number of nitrogens with two attached hydrogens (primary N) is 1. The van der Waals surface area contributed by atoms with E-state index >= 15 is 0 Å². The van der Waals surface area contributed by atoms with Gasteiger partial charge in [0.25, 0.3) is 0 Å². The molecule has 1 fully saturated rings. The Labute approximate surface area is 93.6 Å². The fraction of sp³-hybridized carbons (Fsp3) is 0.923. The maximum Gasteiger partial charge on any atom is 0.140 e. The number of unbranched alkanes of at least 4 members (excludes halogenated alkanes) is 1. The molecule has 0 amide bonds. The van der Waals surface area contributed by atoms with Crippen LogP contribution in [0, 0.1) is 11.3 Å². The van der Waals surface area contributed by atoms with Gasteiger partial charge in [0.15, 0.2) is 0 Å². The molecule has 0 aromatic rings. The van der Waals surface area contributed by atoms with E-state index in [0.717, 1.165) is 25.7 Å². The zero-order valence-electron chi connectivity index (χ0n) is 10.2. The van der Waals surface area contributed by atoms with E-state index in [9.17, 15) is 4.79 Å². The first-order chi connectivity index (χ1) is 7.18. The molecule has 1 unspecified atom stereocenters. The molecule has 1 rings (SSSR count). The molecule has 0 spiro atoms. The van der Waals surface area contributed by atoms with Gasteiger partial charge in [0, 0.05) is 18.4 Å². The van der Waals surface area contributed by atoms with E-state index in [0.29, 0.717) is 18.2 Å². The van der Waals surface area contributed by atoms with Crippen LogP contribution >= 0.6 is 0 Å². The van der Waals surface area contributed by atoms with Crippen LogP contribution in [0.5, 0.6) is 0 Å². The molecule has 0 heterocycles. The first kappa shape index (κ1) is 12.7. The van der Waals surface area contributed by atoms with Crippen LogP contribution in [0.2, 0.25) is 0 Å². The third-order valence-electron chi connectivity index (χ3n) is 3.85. The maximum absolute atomic E-state index is 12.0. The van der Waals surface area contributed by atoms with E-state index < -0.39 is 0 Å². The fourth-order valence-electron chi connectivity index (χ4n) is 2.17. The number of hydrogen-bond acceptors (Lipinski definition) is 2. The summed E-state index contributed by atoms with van der Waals surface area (Å²) in [5, 5.41) is 0. The maximum atomic E-state index is 12.0. The molecule has 2 nitrogen and oxygen atoms in total. The highest BCUT2D eigenvalue weighted by Crippen LogP contribution is 2.47. The van der Waals surface area contributed by atoms with Crippen molar-refractivity contribution in [1.82, 2.24) is 0 Å². The molecule has 0 aromatic carbocycles. The Kier molecular flexibility index (Phi) is 4.78. The Balaban J connectivity index is 2.34. The van der Waals surface area contributed by atoms with Gasteiger partial charge in [0.2, 0.25) is 0 Å². The van der Waals surface area contributed by atoms with Crippen molar-refractivity contribution in [1.29, 1.82) is 0 Å². The van der Waals surface area contributed by atoms with E-state index in [2.05, 4.69) is 13.8 Å². The number of rotatable bonds is 8. The van der Waals surface area contributed by atoms with Gasteiger partial charge in [-0.3, -0.25) is 4.79 Å². The van der Waals surface area contributed by atoms with Gasteiger partial charge in [-0.2, -0.15) is 0 Å². The third-order valence-corrected chi connectivity index (χ3v) is 3.85. The summed E-state index contributed by atoms with van der Waals surface area (Å²) in [5.41, 5.74) is 5.58. The van der Waals surface area contributed by atoms with Crippen LogP contribution < -0.4 is 5.73 Å². The van der Waals surface area contributed by atoms with E-state index in [4.69, 9.17) is 5.73 Å². The SMILES string of the molecule is CCCCC(CC)CC(=O)C1(CN)CC1. The standard InChI is InChI=1S/C13H25NO/c1-3-5-6-11(4-2)9-12(15)13(10-14)7-8-13/h11H,3-10,14H2,1-2H3. The molecule has 15 heavy (non-hydrogen) atoms. The predicted octanol–water partition coefficient (Wildman–Crippen LogP) is 2.90. The lowest BCUT2D eigenvalue weighted by Crippen LogP contribution is -2.27. The van der Waals surface area contributed by atoms with Crippen molar-refractivity contribution in [3.8, 4) is 0 Å². The second kappa shape index (κ2) is 5.64. The van der Waals surface area contributed by atoms with Gasteiger partial charge in [-0.15, -0.1) is 0 Å². The summed E-state index contributed by atoms with van der Waals surface area (Å²) in [6.45, 7) is 4.96. The lowest BCUT2D eigenvalue weighted by atomic mass is 9.88. The zero-order valence-corrected chi connectivity index (χ0v) is 10.2. The van der Waals surface area contributed by atoms with Crippen LogP contribution in [0.25, 0.3) is 0 Å². The molecular formula is C13H25NO. The lowest BCUT2D eigenvalue weighted by molar-refractivity contribution is -0.124. The minimum absolute atomic E-state index is 0.0837. The van der Waals surface area contributed by atoms with Crippen molar-refractivity contribution in [3.05, 3.63) is 0 Å². The van der Waals surface area contributed by atoms with Crippen molar-refractivity contribution in [2.24, 2.45) is 17.1 Å². The molecule has 2 heteroatoms. The van der Waals surface area contributed by atoms with Gasteiger partial charge in [-0.25, -0.2) is 0 Å². The van der Waals surface area contributed by atoms with Gasteiger partial charge in [0.05, 0.1) is 0 Å². The van der Waals surface area contributed by atoms with Gasteiger partial charge in [0.1, 0.15) is 5.78 Å². The number of carbonyl (C=O) groups excluding carboxylic acids is 1. The summed E-state index contributed by atoms with van der Waals surface area (Å²) < 4.78 is 0. The van der Waals surface area contributed by atoms with Gasteiger partial charge >= 0.3 is 0 Å². The Morgan fingerprint density at radius 2 is 2.07 bits per heavy atom. The average Bonchev–Trinajstić information content (AvgIpc) is 3.04. The molecule has 0 aromatic heterocycles. The summed E-state index contributed by atoms with van der Waals surface area (Å²) in [7, 11) is 0. The molecule has 1 aliphatic carbocycles. The van der Waals surface area contributed by atoms with Crippen LogP contribution in [0.15, 0.2) is 0 Å². The van der Waals surface area contributed by atoms with Crippen molar-refractivity contribution in [3.63, 3.8) is 0 Å². The first-order valence-electron chi connectivity index (χ1n) is 6.42. The number of Topliss-reactive ketones (excluding diaryl/α,β-unsaturated/α-hetero) is 1. The normalized spacial score (nSPS) is 19.9. The summed E-state index contributed by atoms with van der Waals surface area (Å²) in [5.74, 6) is 1.04. The van der Waals surface area contributed by atoms with Crippen molar-refractivity contribution in [2.45, 2.75) is 58.8 Å². The van der Waals surface area contributed by atoms with Crippen LogP contribution in [0.1, 0.15) is 58.8 Å². The molecule has 0 bridgehead atoms. The molecule has 0 saturated heterocycles. The lowest BCUT2D eigenvalue weighted by Gasteiger charge is -2.17. The Morgan fingerprint density at radius 3 is 2.47 bits per heavy atom. The molecular weight excluding hydrogens is 186 g/mol. The van der Waals surface area contributed by atoms with Gasteiger partial charge in [-0.1, -0.05) is 39.5 Å². The first-order valence-corrected chi connectivity index (χ1v) is 6.42. The van der Waals surface area contributed by atoms with Gasteiger partial charge < -0.3 is 5.73 Å². The molecule has 1 saturated carbocycles.